The summed E-state index contributed by atoms with van der Waals surface area (Å²) in [6, 6.07) is 12.1. The van der Waals surface area contributed by atoms with E-state index in [4.69, 9.17) is 0 Å². The lowest BCUT2D eigenvalue weighted by Crippen LogP contribution is -2.15. The maximum atomic E-state index is 13.1. The van der Waals surface area contributed by atoms with Crippen molar-refractivity contribution >= 4 is 23.4 Å². The van der Waals surface area contributed by atoms with Gasteiger partial charge in [0.05, 0.1) is 5.75 Å². The van der Waals surface area contributed by atoms with Gasteiger partial charge in [-0.1, -0.05) is 29.5 Å². The van der Waals surface area contributed by atoms with E-state index in [1.54, 1.807) is 12.1 Å². The summed E-state index contributed by atoms with van der Waals surface area (Å²) in [5.74, 6) is 0.504. The third-order valence-electron chi connectivity index (χ3n) is 4.12. The fourth-order valence-corrected chi connectivity index (χ4v) is 3.57. The minimum atomic E-state index is -0.293. The first-order chi connectivity index (χ1) is 13.0. The zero-order chi connectivity index (χ0) is 19.4. The number of thioether (sulfide) groups is 1. The second-order valence-electron chi connectivity index (χ2n) is 6.21. The highest BCUT2D eigenvalue weighted by atomic mass is 32.2. The van der Waals surface area contributed by atoms with E-state index < -0.39 is 0 Å². The summed E-state index contributed by atoms with van der Waals surface area (Å²) in [7, 11) is 0. The molecular weight excluding hydrogens is 363 g/mol. The van der Waals surface area contributed by atoms with Crippen LogP contribution in [-0.2, 0) is 11.3 Å². The van der Waals surface area contributed by atoms with Crippen molar-refractivity contribution in [2.75, 3.05) is 11.1 Å². The number of nitrogens with zero attached hydrogens (tertiary/aromatic N) is 3. The molecule has 3 aromatic rings. The molecule has 0 atom stereocenters. The minimum absolute atomic E-state index is 0.0964. The van der Waals surface area contributed by atoms with Crippen LogP contribution < -0.4 is 5.32 Å². The molecule has 0 spiro atoms. The molecule has 1 amide bonds. The Kier molecular flexibility index (Phi) is 5.91. The summed E-state index contributed by atoms with van der Waals surface area (Å²) in [6.07, 6.45) is 0. The highest BCUT2D eigenvalue weighted by Crippen LogP contribution is 2.24. The second-order valence-corrected chi connectivity index (χ2v) is 7.16. The average molecular weight is 384 g/mol. The summed E-state index contributed by atoms with van der Waals surface area (Å²) < 4.78 is 15.1. The summed E-state index contributed by atoms with van der Waals surface area (Å²) in [5, 5.41) is 12.0. The number of hydrogen-bond acceptors (Lipinski definition) is 4. The second kappa shape index (κ2) is 8.35. The van der Waals surface area contributed by atoms with E-state index in [0.717, 1.165) is 22.4 Å². The van der Waals surface area contributed by atoms with Gasteiger partial charge in [0.15, 0.2) is 11.0 Å². The fourth-order valence-electron chi connectivity index (χ4n) is 2.76. The first kappa shape index (κ1) is 19.1. The van der Waals surface area contributed by atoms with Crippen LogP contribution in [-0.4, -0.2) is 26.4 Å². The number of rotatable bonds is 6. The van der Waals surface area contributed by atoms with E-state index in [2.05, 4.69) is 15.5 Å². The van der Waals surface area contributed by atoms with E-state index in [0.29, 0.717) is 17.5 Å². The Morgan fingerprint density at radius 2 is 1.89 bits per heavy atom. The molecule has 1 heterocycles. The summed E-state index contributed by atoms with van der Waals surface area (Å²) in [4.78, 5) is 12.3. The van der Waals surface area contributed by atoms with Gasteiger partial charge in [-0.3, -0.25) is 4.79 Å². The number of halogens is 1. The molecule has 27 heavy (non-hydrogen) atoms. The van der Waals surface area contributed by atoms with Gasteiger partial charge in [-0.15, -0.1) is 10.2 Å². The van der Waals surface area contributed by atoms with E-state index in [-0.39, 0.29) is 17.5 Å². The van der Waals surface area contributed by atoms with Crippen molar-refractivity contribution in [1.29, 1.82) is 0 Å². The first-order valence-corrected chi connectivity index (χ1v) is 9.65. The molecule has 2 aromatic carbocycles. The third kappa shape index (κ3) is 4.54. The van der Waals surface area contributed by atoms with Crippen molar-refractivity contribution < 1.29 is 9.18 Å². The highest BCUT2D eigenvalue weighted by molar-refractivity contribution is 7.99. The van der Waals surface area contributed by atoms with Crippen molar-refractivity contribution in [3.63, 3.8) is 0 Å². The largest absolute Gasteiger partial charge is 0.325 e. The monoisotopic (exact) mass is 384 g/mol. The van der Waals surface area contributed by atoms with Crippen LogP contribution in [0.4, 0.5) is 10.1 Å². The van der Waals surface area contributed by atoms with Crippen LogP contribution in [0.15, 0.2) is 47.6 Å². The van der Waals surface area contributed by atoms with Gasteiger partial charge in [-0.2, -0.15) is 0 Å². The van der Waals surface area contributed by atoms with Crippen LogP contribution in [0.2, 0.25) is 0 Å². The van der Waals surface area contributed by atoms with E-state index in [9.17, 15) is 9.18 Å². The SMILES string of the molecule is CCn1c(SCC(=O)Nc2ccc(C)cc2C)nnc1-c1ccc(F)cc1. The Morgan fingerprint density at radius 1 is 1.15 bits per heavy atom. The van der Waals surface area contributed by atoms with Crippen molar-refractivity contribution in [1.82, 2.24) is 14.8 Å². The van der Waals surface area contributed by atoms with Crippen molar-refractivity contribution in [2.45, 2.75) is 32.5 Å². The molecule has 1 aromatic heterocycles. The maximum absolute atomic E-state index is 13.1. The smallest absolute Gasteiger partial charge is 0.234 e. The van der Waals surface area contributed by atoms with Crippen molar-refractivity contribution in [2.24, 2.45) is 0 Å². The van der Waals surface area contributed by atoms with Crippen LogP contribution in [0, 0.1) is 19.7 Å². The average Bonchev–Trinajstić information content (AvgIpc) is 3.06. The van der Waals surface area contributed by atoms with Gasteiger partial charge in [0.25, 0.3) is 0 Å². The van der Waals surface area contributed by atoms with Gasteiger partial charge in [-0.05, 0) is 56.7 Å². The predicted molar refractivity (Wildman–Crippen MR) is 106 cm³/mol. The molecule has 1 N–H and O–H groups in total. The van der Waals surface area contributed by atoms with E-state index in [1.807, 2.05) is 43.5 Å². The Balaban J connectivity index is 1.69. The predicted octanol–water partition coefficient (Wildman–Crippen LogP) is 4.45. The Labute approximate surface area is 162 Å². The number of aromatic nitrogens is 3. The molecule has 0 radical (unpaired) electrons. The van der Waals surface area contributed by atoms with Gasteiger partial charge in [-0.25, -0.2) is 4.39 Å². The number of aryl methyl sites for hydroxylation is 2. The third-order valence-corrected chi connectivity index (χ3v) is 5.09. The lowest BCUT2D eigenvalue weighted by atomic mass is 10.1. The standard InChI is InChI=1S/C20H21FN4OS/c1-4-25-19(15-6-8-16(21)9-7-15)23-24-20(25)27-12-18(26)22-17-10-5-13(2)11-14(17)3/h5-11H,4,12H2,1-3H3,(H,22,26). The number of hydrogen-bond donors (Lipinski definition) is 1. The van der Waals surface area contributed by atoms with Gasteiger partial charge < -0.3 is 9.88 Å². The minimum Gasteiger partial charge on any atom is -0.325 e. The number of amides is 1. The fraction of sp³-hybridized carbons (Fsp3) is 0.250. The first-order valence-electron chi connectivity index (χ1n) is 8.67. The normalized spacial score (nSPS) is 10.8. The maximum Gasteiger partial charge on any atom is 0.234 e. The van der Waals surface area contributed by atoms with E-state index in [1.165, 1.54) is 23.9 Å². The molecule has 7 heteroatoms. The molecule has 0 bridgehead atoms. The number of benzene rings is 2. The van der Waals surface area contributed by atoms with Crippen molar-refractivity contribution in [3.8, 4) is 11.4 Å². The quantitative estimate of drug-likeness (QED) is 0.638. The molecule has 0 saturated heterocycles. The van der Waals surface area contributed by atoms with Crippen LogP contribution >= 0.6 is 11.8 Å². The number of carbonyl (C=O) groups is 1. The molecule has 140 valence electrons. The highest BCUT2D eigenvalue weighted by Gasteiger charge is 2.15. The molecule has 0 unspecified atom stereocenters. The molecule has 0 saturated carbocycles. The van der Waals surface area contributed by atoms with Crippen LogP contribution in [0.1, 0.15) is 18.1 Å². The number of anilines is 1. The Bertz CT molecular complexity index is 953. The molecule has 0 aliphatic carbocycles. The van der Waals surface area contributed by atoms with Gasteiger partial charge >= 0.3 is 0 Å². The zero-order valence-electron chi connectivity index (χ0n) is 15.5. The number of nitrogens with one attached hydrogen (secondary N) is 1. The summed E-state index contributed by atoms with van der Waals surface area (Å²) in [5.41, 5.74) is 3.79. The van der Waals surface area contributed by atoms with E-state index >= 15 is 0 Å². The molecular formula is C20H21FN4OS. The van der Waals surface area contributed by atoms with Gasteiger partial charge in [0, 0.05) is 17.8 Å². The molecule has 0 aliphatic rings. The lowest BCUT2D eigenvalue weighted by Gasteiger charge is -2.10. The lowest BCUT2D eigenvalue weighted by molar-refractivity contribution is -0.113. The molecule has 0 aliphatic heterocycles. The van der Waals surface area contributed by atoms with Gasteiger partial charge in [0.1, 0.15) is 5.82 Å². The molecule has 3 rings (SSSR count). The summed E-state index contributed by atoms with van der Waals surface area (Å²) >= 11 is 1.33. The van der Waals surface area contributed by atoms with Crippen LogP contribution in [0.25, 0.3) is 11.4 Å². The van der Waals surface area contributed by atoms with Crippen molar-refractivity contribution in [3.05, 3.63) is 59.4 Å². The molecule has 0 fully saturated rings. The zero-order valence-corrected chi connectivity index (χ0v) is 16.3. The summed E-state index contributed by atoms with van der Waals surface area (Å²) in [6.45, 7) is 6.63. The topological polar surface area (TPSA) is 59.8 Å². The number of carbonyl (C=O) groups excluding carboxylic acids is 1. The van der Waals surface area contributed by atoms with Gasteiger partial charge in [0.2, 0.25) is 5.91 Å². The van der Waals surface area contributed by atoms with Crippen LogP contribution in [0.3, 0.4) is 0 Å². The Hall–Kier alpha value is -2.67. The van der Waals surface area contributed by atoms with Crippen LogP contribution in [0.5, 0.6) is 0 Å². The Morgan fingerprint density at radius 3 is 2.56 bits per heavy atom. The molecule has 5 nitrogen and oxygen atoms in total.